The van der Waals surface area contributed by atoms with Crippen molar-refractivity contribution < 1.29 is 4.79 Å². The summed E-state index contributed by atoms with van der Waals surface area (Å²) in [4.78, 5) is 18.4. The molecule has 28 aromatic carbocycles. The molecular weight excluding hydrogens is 883 g/mol. The van der Waals surface area contributed by atoms with Gasteiger partial charge in [0.15, 0.2) is 0 Å². The molecular formula is C71H17NO. The van der Waals surface area contributed by atoms with Gasteiger partial charge in [-0.15, -0.1) is 12.3 Å². The summed E-state index contributed by atoms with van der Waals surface area (Å²) in [5.74, 6) is 3.77. The number of amides is 1. The van der Waals surface area contributed by atoms with E-state index < -0.39 is 10.8 Å². The quantitative estimate of drug-likeness (QED) is 0.0957. The van der Waals surface area contributed by atoms with Gasteiger partial charge in [0.2, 0.25) is 5.91 Å². The van der Waals surface area contributed by atoms with E-state index in [2.05, 4.69) is 17.7 Å². The molecule has 1 heterocycles. The van der Waals surface area contributed by atoms with E-state index >= 15 is 4.79 Å². The van der Waals surface area contributed by atoms with E-state index in [-0.39, 0.29) is 6.04 Å². The second-order valence-corrected chi connectivity index (χ2v) is 26.9. The number of unbranched alkanes of at least 4 members (excludes halogenated alkanes) is 2. The second-order valence-electron chi connectivity index (χ2n) is 26.9. The van der Waals surface area contributed by atoms with E-state index in [1.165, 1.54) is 0 Å². The van der Waals surface area contributed by atoms with Gasteiger partial charge in [-0.05, 0) is 320 Å². The summed E-state index contributed by atoms with van der Waals surface area (Å²) >= 11 is 0. The molecule has 1 unspecified atom stereocenters. The Labute approximate surface area is 401 Å². The highest BCUT2D eigenvalue weighted by atomic mass is 16.2. The van der Waals surface area contributed by atoms with Crippen LogP contribution >= 0.6 is 0 Å². The number of rotatable bonds is 5. The Hall–Kier alpha value is -8.51. The van der Waals surface area contributed by atoms with Crippen LogP contribution < -0.4 is 0 Å². The third kappa shape index (κ3) is 1.57. The van der Waals surface area contributed by atoms with Gasteiger partial charge in [0.1, 0.15) is 0 Å². The van der Waals surface area contributed by atoms with Crippen LogP contribution in [0.2, 0.25) is 0 Å². The minimum absolute atomic E-state index is 0.151. The van der Waals surface area contributed by atoms with Crippen LogP contribution in [0.5, 0.6) is 0 Å². The zero-order chi connectivity index (χ0) is 44.2. The Balaban J connectivity index is 1.12. The number of carbonyl (C=O) groups excluding carboxylic acids is 1. The number of nitrogens with zero attached hydrogens (tertiary/aromatic N) is 1. The predicted octanol–water partition coefficient (Wildman–Crippen LogP) is 18.1. The van der Waals surface area contributed by atoms with Crippen molar-refractivity contribution in [1.29, 1.82) is 0 Å². The standard InChI is InChI=1S/C71H17NO/c1-3-5-6-8-11(73)72-9-70-66-58-50-40-30-22-14-12-13-16-20-18(14)26-34-28(20)38-32-24(16)25-17(13)21-19-15(12)23(22)31-37-27(19)35-29(21)39-33(25)43-42(32)54-48(38)56-46(34)52(44(50)36(26)30)60(66)62(56)68-64(54)65-55(43)49(39)57-47(35)53-45(37)51(41(31)40)59(58)67(70)61(53)63(57)69(65)71(68,70)10(72)7-4-2/h2,10H,3,5-9H2,1H3. The number of hydrogen-bond acceptors (Lipinski definition) is 1. The summed E-state index contributed by atoms with van der Waals surface area (Å²) in [5.41, 5.74) is 5.51. The van der Waals surface area contributed by atoms with Gasteiger partial charge in [0.25, 0.3) is 0 Å². The predicted molar refractivity (Wildman–Crippen MR) is 307 cm³/mol. The molecule has 73 heavy (non-hydrogen) atoms. The molecule has 0 aromatic heterocycles. The summed E-state index contributed by atoms with van der Waals surface area (Å²) in [5, 5.41) is 86.9. The Morgan fingerprint density at radius 3 is 0.808 bits per heavy atom. The van der Waals surface area contributed by atoms with Gasteiger partial charge in [-0.1, -0.05) is 19.8 Å². The molecule has 0 bridgehead atoms. The van der Waals surface area contributed by atoms with Gasteiger partial charge < -0.3 is 4.90 Å². The summed E-state index contributed by atoms with van der Waals surface area (Å²) in [6.07, 6.45) is 11.2. The summed E-state index contributed by atoms with van der Waals surface area (Å²) in [7, 11) is 0. The summed E-state index contributed by atoms with van der Waals surface area (Å²) in [6.45, 7) is 3.00. The molecule has 1 saturated heterocycles. The normalized spacial score (nSPS) is 23.1. The first-order valence-corrected chi connectivity index (χ1v) is 27.8. The van der Waals surface area contributed by atoms with Crippen LogP contribution in [0.15, 0.2) is 0 Å². The Morgan fingerprint density at radius 2 is 0.589 bits per heavy atom. The number of carbonyl (C=O) groups is 1. The van der Waals surface area contributed by atoms with Gasteiger partial charge in [-0.3, -0.25) is 4.79 Å². The minimum Gasteiger partial charge on any atom is -0.336 e. The number of terminal acetylenes is 1. The van der Waals surface area contributed by atoms with Crippen LogP contribution in [0, 0.1) is 12.3 Å². The average Bonchev–Trinajstić information content (AvgIpc) is 4.26. The zero-order valence-electron chi connectivity index (χ0n) is 38.3. The van der Waals surface area contributed by atoms with Gasteiger partial charge in [-0.25, -0.2) is 0 Å². The fourth-order valence-corrected chi connectivity index (χ4v) is 26.3. The lowest BCUT2D eigenvalue weighted by Gasteiger charge is -2.51. The number of benzene rings is 18. The van der Waals surface area contributed by atoms with E-state index in [0.29, 0.717) is 18.7 Å². The van der Waals surface area contributed by atoms with Crippen LogP contribution in [0.1, 0.15) is 61.3 Å². The number of likely N-dealkylation sites (tertiary alicyclic amines) is 1. The maximum absolute atomic E-state index is 15.9. The van der Waals surface area contributed by atoms with Gasteiger partial charge in [0, 0.05) is 19.4 Å². The average molecular weight is 900 g/mol. The molecule has 28 aromatic rings. The molecule has 5 aliphatic rings. The zero-order valence-corrected chi connectivity index (χ0v) is 38.3. The molecule has 1 amide bonds. The van der Waals surface area contributed by atoms with Gasteiger partial charge in [0.05, 0.1) is 16.9 Å². The van der Waals surface area contributed by atoms with E-state index in [1.807, 2.05) is 0 Å². The Morgan fingerprint density at radius 1 is 0.370 bits per heavy atom. The third-order valence-electron chi connectivity index (χ3n) is 26.5. The molecule has 2 nitrogen and oxygen atoms in total. The van der Waals surface area contributed by atoms with Crippen molar-refractivity contribution in [3.63, 3.8) is 0 Å². The fraction of sp³-hybridized carbons (Fsp3) is 0.141. The molecule has 2 spiro atoms. The molecule has 0 N–H and O–H groups in total. The molecule has 1 fully saturated rings. The molecule has 0 radical (unpaired) electrons. The first-order chi connectivity index (χ1) is 36.3. The molecule has 1 aliphatic heterocycles. The van der Waals surface area contributed by atoms with Crippen molar-refractivity contribution in [2.45, 2.75) is 55.9 Å². The van der Waals surface area contributed by atoms with Crippen molar-refractivity contribution in [1.82, 2.24) is 4.90 Å². The lowest BCUT2D eigenvalue weighted by Crippen LogP contribution is -2.54. The maximum atomic E-state index is 15.9. The molecule has 33 rings (SSSR count). The lowest BCUT2D eigenvalue weighted by atomic mass is 9.48. The van der Waals surface area contributed by atoms with Crippen LogP contribution in [-0.2, 0) is 15.6 Å². The van der Waals surface area contributed by atoms with Crippen LogP contribution in [-0.4, -0.2) is 23.4 Å². The van der Waals surface area contributed by atoms with Crippen molar-refractivity contribution >= 4 is 297 Å². The fourth-order valence-electron chi connectivity index (χ4n) is 26.3. The molecule has 4 aliphatic carbocycles. The van der Waals surface area contributed by atoms with Crippen LogP contribution in [0.3, 0.4) is 0 Å². The van der Waals surface area contributed by atoms with Crippen molar-refractivity contribution in [2.24, 2.45) is 0 Å². The van der Waals surface area contributed by atoms with E-state index in [4.69, 9.17) is 6.42 Å². The maximum Gasteiger partial charge on any atom is 0.222 e. The van der Waals surface area contributed by atoms with Gasteiger partial charge >= 0.3 is 0 Å². The third-order valence-corrected chi connectivity index (χ3v) is 26.5. The SMILES string of the molecule is C#CCC1N(C(=O)CCCCC)CC23c4c5c6c7c8c9c(c%10c%11c2c2c4c4c%12c5c5c6c6c8c8c%13c9c9c%10c%10c%11c%11c2c2c4c4c%12c%12c5c5c6c8c6c8c%13c9c9c%10c%10c%11c2c2c4c4c%12c5c6c5c8c9c%10c2c45)C713. The molecule has 2 heteroatoms. The highest BCUT2D eigenvalue weighted by Gasteiger charge is 2.76. The minimum atomic E-state index is -0.523. The van der Waals surface area contributed by atoms with Crippen molar-refractivity contribution in [2.75, 3.05) is 6.54 Å². The van der Waals surface area contributed by atoms with Gasteiger partial charge in [-0.2, -0.15) is 0 Å². The molecule has 312 valence electrons. The highest BCUT2D eigenvalue weighted by Crippen LogP contribution is 2.86. The Bertz CT molecular complexity index is 7160. The smallest absolute Gasteiger partial charge is 0.222 e. The molecule has 1 atom stereocenters. The van der Waals surface area contributed by atoms with Crippen LogP contribution in [0.25, 0.3) is 291 Å². The van der Waals surface area contributed by atoms with Crippen molar-refractivity contribution in [3.05, 3.63) is 22.3 Å². The molecule has 0 saturated carbocycles. The summed E-state index contributed by atoms with van der Waals surface area (Å²) in [6, 6.07) is -0.151. The van der Waals surface area contributed by atoms with Crippen molar-refractivity contribution in [3.8, 4) is 12.3 Å². The van der Waals surface area contributed by atoms with E-state index in [0.717, 1.165) is 25.8 Å². The second kappa shape index (κ2) is 6.62. The monoisotopic (exact) mass is 899 g/mol. The summed E-state index contributed by atoms with van der Waals surface area (Å²) < 4.78 is 0. The van der Waals surface area contributed by atoms with Crippen LogP contribution in [0.4, 0.5) is 0 Å². The first-order valence-electron chi connectivity index (χ1n) is 27.8. The Kier molecular flexibility index (Phi) is 2.59. The largest absolute Gasteiger partial charge is 0.336 e. The highest BCUT2D eigenvalue weighted by molar-refractivity contribution is 6.82. The first kappa shape index (κ1) is 28.5. The lowest BCUT2D eigenvalue weighted by molar-refractivity contribution is -0.132. The van der Waals surface area contributed by atoms with E-state index in [9.17, 15) is 0 Å². The number of hydrogen-bond donors (Lipinski definition) is 0. The van der Waals surface area contributed by atoms with E-state index in [1.54, 1.807) is 313 Å². The topological polar surface area (TPSA) is 20.3 Å².